The number of nitrogens with zero attached hydrogens (tertiary/aromatic N) is 1. The first-order valence-electron chi connectivity index (χ1n) is 10.5. The van der Waals surface area contributed by atoms with Gasteiger partial charge in [-0.2, -0.15) is 0 Å². The van der Waals surface area contributed by atoms with Gasteiger partial charge in [0.1, 0.15) is 15.7 Å². The molecule has 1 aromatic heterocycles. The number of nitrogens with one attached hydrogen (secondary N) is 2. The molecule has 0 aliphatic heterocycles. The lowest BCUT2D eigenvalue weighted by molar-refractivity contribution is 0.403. The summed E-state index contributed by atoms with van der Waals surface area (Å²) in [5.41, 5.74) is 4.46. The van der Waals surface area contributed by atoms with Crippen LogP contribution >= 0.6 is 11.3 Å². The van der Waals surface area contributed by atoms with Gasteiger partial charge in [-0.15, -0.1) is 11.3 Å². The van der Waals surface area contributed by atoms with E-state index >= 15 is 0 Å². The molecular weight excluding hydrogens is 466 g/mol. The van der Waals surface area contributed by atoms with Gasteiger partial charge in [-0.25, -0.2) is 13.4 Å². The van der Waals surface area contributed by atoms with Crippen LogP contribution in [0.5, 0.6) is 5.75 Å². The maximum atomic E-state index is 13.3. The van der Waals surface area contributed by atoms with Crippen LogP contribution < -0.4 is 14.8 Å². The standard InChI is InChI=1S/C26H25N3O3S2/c1-17-9-8-10-18(2)25(17)29-34(30,31)24-15-21(13-14-22(24)32-4)28-19(3)23-16-27-26(33-23)20-11-6-5-7-12-20/h5-16,28-29H,3H2,1-2,4H3. The van der Waals surface area contributed by atoms with Crippen LogP contribution in [0.3, 0.4) is 0 Å². The van der Waals surface area contributed by atoms with E-state index in [0.717, 1.165) is 26.6 Å². The van der Waals surface area contributed by atoms with Crippen molar-refractivity contribution in [1.29, 1.82) is 0 Å². The van der Waals surface area contributed by atoms with Gasteiger partial charge in [-0.1, -0.05) is 55.1 Å². The Bertz CT molecular complexity index is 1430. The fourth-order valence-corrected chi connectivity index (χ4v) is 5.74. The second-order valence-corrected chi connectivity index (χ2v) is 10.4. The molecule has 0 aliphatic rings. The van der Waals surface area contributed by atoms with Crippen molar-refractivity contribution < 1.29 is 13.2 Å². The van der Waals surface area contributed by atoms with Gasteiger partial charge >= 0.3 is 0 Å². The SMILES string of the molecule is C=C(Nc1ccc(OC)c(S(=O)(=O)Nc2c(C)cccc2C)c1)c1cnc(-c2ccccc2)s1. The van der Waals surface area contributed by atoms with Crippen molar-refractivity contribution in [3.8, 4) is 16.3 Å². The third-order valence-electron chi connectivity index (χ3n) is 5.29. The second-order valence-electron chi connectivity index (χ2n) is 7.74. The summed E-state index contributed by atoms with van der Waals surface area (Å²) in [5, 5.41) is 4.09. The molecule has 0 atom stereocenters. The van der Waals surface area contributed by atoms with Gasteiger partial charge in [-0.05, 0) is 43.2 Å². The van der Waals surface area contributed by atoms with Gasteiger partial charge in [0.15, 0.2) is 0 Å². The minimum Gasteiger partial charge on any atom is -0.495 e. The van der Waals surface area contributed by atoms with Crippen LogP contribution in [0, 0.1) is 13.8 Å². The number of ether oxygens (including phenoxy) is 1. The number of rotatable bonds is 8. The fraction of sp³-hybridized carbons (Fsp3) is 0.115. The summed E-state index contributed by atoms with van der Waals surface area (Å²) < 4.78 is 34.7. The van der Waals surface area contributed by atoms with E-state index < -0.39 is 10.0 Å². The maximum Gasteiger partial charge on any atom is 0.265 e. The van der Waals surface area contributed by atoms with Gasteiger partial charge in [0.05, 0.1) is 23.4 Å². The highest BCUT2D eigenvalue weighted by Crippen LogP contribution is 2.33. The summed E-state index contributed by atoms with van der Waals surface area (Å²) in [7, 11) is -2.46. The molecule has 0 radical (unpaired) electrons. The van der Waals surface area contributed by atoms with Gasteiger partial charge in [0.25, 0.3) is 10.0 Å². The number of hydrogen-bond acceptors (Lipinski definition) is 6. The van der Waals surface area contributed by atoms with Crippen molar-refractivity contribution in [3.05, 3.63) is 95.5 Å². The molecule has 0 aliphatic carbocycles. The van der Waals surface area contributed by atoms with Gasteiger partial charge < -0.3 is 10.1 Å². The molecule has 8 heteroatoms. The maximum absolute atomic E-state index is 13.3. The highest BCUT2D eigenvalue weighted by atomic mass is 32.2. The Morgan fingerprint density at radius 3 is 2.38 bits per heavy atom. The molecular formula is C26H25N3O3S2. The van der Waals surface area contributed by atoms with E-state index in [2.05, 4.69) is 21.6 Å². The van der Waals surface area contributed by atoms with E-state index in [1.165, 1.54) is 18.4 Å². The van der Waals surface area contributed by atoms with Gasteiger partial charge in [-0.3, -0.25) is 4.72 Å². The molecule has 174 valence electrons. The van der Waals surface area contributed by atoms with E-state index in [1.807, 2.05) is 62.4 Å². The molecule has 4 rings (SSSR count). The Morgan fingerprint density at radius 1 is 1.00 bits per heavy atom. The van der Waals surface area contributed by atoms with Crippen LogP contribution in [0.25, 0.3) is 16.3 Å². The van der Waals surface area contributed by atoms with Crippen molar-refractivity contribution in [2.75, 3.05) is 17.1 Å². The van der Waals surface area contributed by atoms with Crippen LogP contribution in [0.4, 0.5) is 11.4 Å². The Balaban J connectivity index is 1.60. The summed E-state index contributed by atoms with van der Waals surface area (Å²) in [6.07, 6.45) is 1.76. The lowest BCUT2D eigenvalue weighted by Gasteiger charge is -2.16. The first-order valence-corrected chi connectivity index (χ1v) is 12.8. The number of methoxy groups -OCH3 is 1. The van der Waals surface area contributed by atoms with Crippen LogP contribution in [-0.2, 0) is 10.0 Å². The quantitative estimate of drug-likeness (QED) is 0.301. The van der Waals surface area contributed by atoms with Gasteiger partial charge in [0.2, 0.25) is 0 Å². The molecule has 2 N–H and O–H groups in total. The first-order chi connectivity index (χ1) is 16.3. The van der Waals surface area contributed by atoms with Crippen LogP contribution in [0.2, 0.25) is 0 Å². The average molecular weight is 492 g/mol. The molecule has 0 bridgehead atoms. The van der Waals surface area contributed by atoms with Crippen LogP contribution in [0.1, 0.15) is 16.0 Å². The minimum absolute atomic E-state index is 0.0322. The summed E-state index contributed by atoms with van der Waals surface area (Å²) in [6, 6.07) is 20.4. The molecule has 3 aromatic carbocycles. The Morgan fingerprint density at radius 2 is 1.71 bits per heavy atom. The molecule has 1 heterocycles. The van der Waals surface area contributed by atoms with E-state index in [0.29, 0.717) is 17.1 Å². The third kappa shape index (κ3) is 4.98. The lowest BCUT2D eigenvalue weighted by Crippen LogP contribution is -2.16. The van der Waals surface area contributed by atoms with E-state index in [1.54, 1.807) is 24.4 Å². The molecule has 0 saturated heterocycles. The monoisotopic (exact) mass is 491 g/mol. The number of benzene rings is 3. The zero-order chi connectivity index (χ0) is 24.3. The number of thiazole rings is 1. The predicted octanol–water partition coefficient (Wildman–Crippen LogP) is 6.32. The van der Waals surface area contributed by atoms with Gasteiger partial charge in [0, 0.05) is 17.4 Å². The lowest BCUT2D eigenvalue weighted by atomic mass is 10.1. The summed E-state index contributed by atoms with van der Waals surface area (Å²) in [5.74, 6) is 0.249. The summed E-state index contributed by atoms with van der Waals surface area (Å²) in [4.78, 5) is 5.37. The number of anilines is 2. The first kappa shape index (κ1) is 23.5. The average Bonchev–Trinajstić information content (AvgIpc) is 3.33. The highest BCUT2D eigenvalue weighted by molar-refractivity contribution is 7.92. The Kier molecular flexibility index (Phi) is 6.72. The molecule has 6 nitrogen and oxygen atoms in total. The number of para-hydroxylation sites is 1. The van der Waals surface area contributed by atoms with Crippen molar-refractivity contribution in [2.45, 2.75) is 18.7 Å². The van der Waals surface area contributed by atoms with Crippen molar-refractivity contribution in [2.24, 2.45) is 0 Å². The Hall–Kier alpha value is -3.62. The smallest absolute Gasteiger partial charge is 0.265 e. The topological polar surface area (TPSA) is 80.3 Å². The molecule has 0 amide bonds. The Labute approximate surface area is 204 Å². The summed E-state index contributed by atoms with van der Waals surface area (Å²) in [6.45, 7) is 7.84. The van der Waals surface area contributed by atoms with E-state index in [4.69, 9.17) is 4.74 Å². The predicted molar refractivity (Wildman–Crippen MR) is 140 cm³/mol. The third-order valence-corrected chi connectivity index (χ3v) is 7.77. The normalized spacial score (nSPS) is 11.1. The van der Waals surface area contributed by atoms with E-state index in [9.17, 15) is 8.42 Å². The number of aromatic nitrogens is 1. The molecule has 0 spiro atoms. The van der Waals surface area contributed by atoms with E-state index in [-0.39, 0.29) is 10.6 Å². The number of hydrogen-bond donors (Lipinski definition) is 2. The largest absolute Gasteiger partial charge is 0.495 e. The minimum atomic E-state index is -3.91. The number of aryl methyl sites for hydroxylation is 2. The summed E-state index contributed by atoms with van der Waals surface area (Å²) >= 11 is 1.51. The highest BCUT2D eigenvalue weighted by Gasteiger charge is 2.22. The molecule has 0 fully saturated rings. The zero-order valence-electron chi connectivity index (χ0n) is 19.1. The number of sulfonamides is 1. The fourth-order valence-electron chi connectivity index (χ4n) is 3.49. The molecule has 34 heavy (non-hydrogen) atoms. The molecule has 0 unspecified atom stereocenters. The zero-order valence-corrected chi connectivity index (χ0v) is 20.8. The van der Waals surface area contributed by atoms with Crippen LogP contribution in [0.15, 0.2) is 84.4 Å². The van der Waals surface area contributed by atoms with Crippen molar-refractivity contribution in [3.63, 3.8) is 0 Å². The van der Waals surface area contributed by atoms with Crippen molar-refractivity contribution >= 4 is 38.4 Å². The van der Waals surface area contributed by atoms with Crippen LogP contribution in [-0.4, -0.2) is 20.5 Å². The molecule has 4 aromatic rings. The second kappa shape index (κ2) is 9.70. The van der Waals surface area contributed by atoms with Crippen molar-refractivity contribution in [1.82, 2.24) is 4.98 Å². The molecule has 0 saturated carbocycles.